The summed E-state index contributed by atoms with van der Waals surface area (Å²) < 4.78 is 0. The van der Waals surface area contributed by atoms with Gasteiger partial charge in [0.15, 0.2) is 0 Å². The molecule has 4 amide bonds. The van der Waals surface area contributed by atoms with Crippen LogP contribution in [0.1, 0.15) is 49.3 Å². The summed E-state index contributed by atoms with van der Waals surface area (Å²) in [6, 6.07) is 18.2. The van der Waals surface area contributed by atoms with Gasteiger partial charge in [0.05, 0.1) is 11.6 Å². The Morgan fingerprint density at radius 2 is 1.78 bits per heavy atom. The van der Waals surface area contributed by atoms with Gasteiger partial charge in [0.2, 0.25) is 5.91 Å². The number of hydrogen-bond donors (Lipinski definition) is 2. The largest absolute Gasteiger partial charge is 0.354 e. The number of carbonyl (C=O) groups excluding carboxylic acids is 3. The Morgan fingerprint density at radius 1 is 1.09 bits per heavy atom. The first-order valence-electron chi connectivity index (χ1n) is 10.8. The molecule has 2 aliphatic rings. The Labute approximate surface area is 187 Å². The van der Waals surface area contributed by atoms with Crippen molar-refractivity contribution in [1.29, 1.82) is 5.26 Å². The van der Waals surface area contributed by atoms with Gasteiger partial charge in [0, 0.05) is 12.0 Å². The molecule has 0 radical (unpaired) electrons. The predicted molar refractivity (Wildman–Crippen MR) is 118 cm³/mol. The molecule has 1 unspecified atom stereocenters. The molecule has 0 spiro atoms. The lowest BCUT2D eigenvalue weighted by Crippen LogP contribution is -2.46. The maximum Gasteiger partial charge on any atom is 0.325 e. The lowest BCUT2D eigenvalue weighted by atomic mass is 9.79. The van der Waals surface area contributed by atoms with Gasteiger partial charge in [0.25, 0.3) is 5.91 Å². The number of imide groups is 1. The van der Waals surface area contributed by atoms with Crippen LogP contribution in [0.3, 0.4) is 0 Å². The van der Waals surface area contributed by atoms with Crippen LogP contribution in [-0.4, -0.2) is 35.8 Å². The molecule has 7 nitrogen and oxygen atoms in total. The van der Waals surface area contributed by atoms with Crippen molar-refractivity contribution in [3.63, 3.8) is 0 Å². The fourth-order valence-corrected chi connectivity index (χ4v) is 4.81. The second-order valence-corrected chi connectivity index (χ2v) is 8.77. The highest BCUT2D eigenvalue weighted by atomic mass is 16.2. The van der Waals surface area contributed by atoms with E-state index in [0.717, 1.165) is 30.6 Å². The van der Waals surface area contributed by atoms with E-state index in [0.29, 0.717) is 17.7 Å². The molecule has 2 aromatic carbocycles. The second kappa shape index (κ2) is 8.46. The summed E-state index contributed by atoms with van der Waals surface area (Å²) >= 11 is 0. The van der Waals surface area contributed by atoms with E-state index in [1.165, 1.54) is 5.56 Å². The van der Waals surface area contributed by atoms with Crippen molar-refractivity contribution in [3.8, 4) is 6.07 Å². The zero-order chi connectivity index (χ0) is 22.8. The molecule has 4 rings (SSSR count). The Bertz CT molecular complexity index is 1090. The van der Waals surface area contributed by atoms with Gasteiger partial charge in [-0.2, -0.15) is 5.26 Å². The molecule has 32 heavy (non-hydrogen) atoms. The Hall–Kier alpha value is -3.66. The summed E-state index contributed by atoms with van der Waals surface area (Å²) in [6.07, 6.45) is 4.21. The van der Waals surface area contributed by atoms with Gasteiger partial charge in [-0.05, 0) is 43.0 Å². The van der Waals surface area contributed by atoms with Crippen molar-refractivity contribution in [2.24, 2.45) is 0 Å². The molecule has 1 heterocycles. The van der Waals surface area contributed by atoms with Crippen LogP contribution in [0.15, 0.2) is 54.6 Å². The van der Waals surface area contributed by atoms with E-state index < -0.39 is 17.5 Å². The van der Waals surface area contributed by atoms with E-state index in [-0.39, 0.29) is 17.9 Å². The van der Waals surface area contributed by atoms with E-state index >= 15 is 0 Å². The molecular weight excluding hydrogens is 404 g/mol. The first kappa shape index (κ1) is 21.6. The molecule has 7 heteroatoms. The third kappa shape index (κ3) is 3.84. The van der Waals surface area contributed by atoms with Crippen LogP contribution in [0.2, 0.25) is 0 Å². The van der Waals surface area contributed by atoms with Crippen molar-refractivity contribution >= 4 is 17.8 Å². The first-order chi connectivity index (χ1) is 15.4. The highest BCUT2D eigenvalue weighted by Crippen LogP contribution is 2.40. The number of nitrogens with one attached hydrogen (secondary N) is 2. The number of benzene rings is 2. The number of rotatable bonds is 6. The lowest BCUT2D eigenvalue weighted by Gasteiger charge is -2.30. The molecule has 2 fully saturated rings. The first-order valence-corrected chi connectivity index (χ1v) is 10.8. The van der Waals surface area contributed by atoms with Crippen molar-refractivity contribution < 1.29 is 14.4 Å². The molecule has 1 saturated heterocycles. The minimum absolute atomic E-state index is 0.111. The third-order valence-corrected chi connectivity index (χ3v) is 6.72. The van der Waals surface area contributed by atoms with E-state index in [1.807, 2.05) is 24.3 Å². The maximum absolute atomic E-state index is 13.1. The number of nitrogens with zero attached hydrogens (tertiary/aromatic N) is 2. The summed E-state index contributed by atoms with van der Waals surface area (Å²) in [5, 5.41) is 14.8. The Morgan fingerprint density at radius 3 is 2.47 bits per heavy atom. The van der Waals surface area contributed by atoms with Gasteiger partial charge >= 0.3 is 6.03 Å². The van der Waals surface area contributed by atoms with E-state index in [1.54, 1.807) is 31.2 Å². The number of hydrogen-bond acceptors (Lipinski definition) is 4. The monoisotopic (exact) mass is 430 g/mol. The van der Waals surface area contributed by atoms with Crippen molar-refractivity contribution in [2.45, 2.75) is 43.6 Å². The summed E-state index contributed by atoms with van der Waals surface area (Å²) in [5.74, 6) is -0.878. The van der Waals surface area contributed by atoms with Gasteiger partial charge in [0.1, 0.15) is 12.1 Å². The van der Waals surface area contributed by atoms with Crippen LogP contribution >= 0.6 is 0 Å². The van der Waals surface area contributed by atoms with E-state index in [2.05, 4.69) is 22.8 Å². The normalized spacial score (nSPS) is 21.8. The topological polar surface area (TPSA) is 102 Å². The molecule has 1 aliphatic carbocycles. The second-order valence-electron chi connectivity index (χ2n) is 8.77. The SMILES string of the molecule is CC1(c2cccc(C#N)c2)NC(=O)N(CC(=O)NCC2(c3ccccc3)CCCC2)C1=O. The van der Waals surface area contributed by atoms with Crippen LogP contribution in [0.5, 0.6) is 0 Å². The molecule has 1 saturated carbocycles. The van der Waals surface area contributed by atoms with Crippen LogP contribution in [0, 0.1) is 11.3 Å². The quantitative estimate of drug-likeness (QED) is 0.688. The Kier molecular flexibility index (Phi) is 5.70. The molecule has 164 valence electrons. The highest BCUT2D eigenvalue weighted by Gasteiger charge is 2.49. The van der Waals surface area contributed by atoms with Crippen LogP contribution in [0.4, 0.5) is 4.79 Å². The van der Waals surface area contributed by atoms with E-state index in [4.69, 9.17) is 5.26 Å². The standard InChI is InChI=1S/C25H26N4O3/c1-24(20-11-7-8-18(14-20)15-26)22(31)29(23(32)28-24)16-21(30)27-17-25(12-5-6-13-25)19-9-3-2-4-10-19/h2-4,7-11,14H,5-6,12-13,16-17H2,1H3,(H,27,30)(H,28,32). The molecule has 2 aromatic rings. The average Bonchev–Trinajstić information content (AvgIpc) is 3.38. The lowest BCUT2D eigenvalue weighted by molar-refractivity contribution is -0.134. The predicted octanol–water partition coefficient (Wildman–Crippen LogP) is 2.95. The Balaban J connectivity index is 1.45. The molecule has 1 atom stereocenters. The van der Waals surface area contributed by atoms with Crippen LogP contribution in [-0.2, 0) is 20.5 Å². The maximum atomic E-state index is 13.1. The smallest absolute Gasteiger partial charge is 0.325 e. The number of urea groups is 1. The molecule has 0 bridgehead atoms. The average molecular weight is 431 g/mol. The fraction of sp³-hybridized carbons (Fsp3) is 0.360. The zero-order valence-electron chi connectivity index (χ0n) is 18.1. The summed E-state index contributed by atoms with van der Waals surface area (Å²) in [7, 11) is 0. The minimum atomic E-state index is -1.32. The molecule has 1 aliphatic heterocycles. The molecule has 2 N–H and O–H groups in total. The van der Waals surface area contributed by atoms with Gasteiger partial charge in [-0.1, -0.05) is 55.3 Å². The van der Waals surface area contributed by atoms with Crippen molar-refractivity contribution in [3.05, 3.63) is 71.3 Å². The number of amides is 4. The minimum Gasteiger partial charge on any atom is -0.354 e. The van der Waals surface area contributed by atoms with E-state index in [9.17, 15) is 14.4 Å². The highest BCUT2D eigenvalue weighted by molar-refractivity contribution is 6.09. The number of carbonyl (C=O) groups is 3. The van der Waals surface area contributed by atoms with Crippen LogP contribution in [0.25, 0.3) is 0 Å². The van der Waals surface area contributed by atoms with Gasteiger partial charge in [-0.15, -0.1) is 0 Å². The summed E-state index contributed by atoms with van der Waals surface area (Å²) in [4.78, 5) is 39.3. The molecule has 0 aromatic heterocycles. The third-order valence-electron chi connectivity index (χ3n) is 6.72. The van der Waals surface area contributed by atoms with Crippen molar-refractivity contribution in [2.75, 3.05) is 13.1 Å². The summed E-state index contributed by atoms with van der Waals surface area (Å²) in [5.41, 5.74) is 0.677. The van der Waals surface area contributed by atoms with Gasteiger partial charge in [-0.3, -0.25) is 14.5 Å². The number of nitriles is 1. The fourth-order valence-electron chi connectivity index (χ4n) is 4.81. The van der Waals surface area contributed by atoms with Gasteiger partial charge < -0.3 is 10.6 Å². The van der Waals surface area contributed by atoms with Crippen molar-refractivity contribution in [1.82, 2.24) is 15.5 Å². The zero-order valence-corrected chi connectivity index (χ0v) is 18.1. The summed E-state index contributed by atoms with van der Waals surface area (Å²) in [6.45, 7) is 1.72. The van der Waals surface area contributed by atoms with Crippen LogP contribution < -0.4 is 10.6 Å². The van der Waals surface area contributed by atoms with Gasteiger partial charge in [-0.25, -0.2) is 4.79 Å². The molecular formula is C25H26N4O3.